The van der Waals surface area contributed by atoms with E-state index in [0.717, 1.165) is 11.8 Å². The van der Waals surface area contributed by atoms with Crippen LogP contribution in [0.15, 0.2) is 65.6 Å². The Bertz CT molecular complexity index is 1510. The summed E-state index contributed by atoms with van der Waals surface area (Å²) in [5.74, 6) is -0.334. The number of halogens is 2. The van der Waals surface area contributed by atoms with Crippen LogP contribution in [0.2, 0.25) is 10.0 Å². The molecule has 0 heterocycles. The summed E-state index contributed by atoms with van der Waals surface area (Å²) < 4.78 is 53.9. The molecular weight excluding hydrogens is 557 g/mol. The smallest absolute Gasteiger partial charge is 0.261 e. The Morgan fingerprint density at radius 3 is 2.27 bits per heavy atom. The molecule has 0 fully saturated rings. The molecule has 0 aliphatic carbocycles. The molecule has 0 aliphatic heterocycles. The van der Waals surface area contributed by atoms with Crippen molar-refractivity contribution in [3.63, 3.8) is 0 Å². The van der Waals surface area contributed by atoms with Crippen LogP contribution in [0.1, 0.15) is 24.0 Å². The molecule has 0 saturated carbocycles. The Balaban J connectivity index is 1.61. The van der Waals surface area contributed by atoms with Crippen LogP contribution in [0, 0.1) is 13.8 Å². The minimum absolute atomic E-state index is 0.0190. The molecular formula is C25H27Cl2N3O5S2. The molecule has 2 N–H and O–H groups in total. The predicted octanol–water partition coefficient (Wildman–Crippen LogP) is 5.60. The van der Waals surface area contributed by atoms with Crippen LogP contribution in [0.3, 0.4) is 0 Å². The van der Waals surface area contributed by atoms with Gasteiger partial charge in [0, 0.05) is 28.7 Å². The SMILES string of the molecule is Cc1ccc(Cl)cc1N(CCCC(=O)Nc1ccc(S(=O)(=O)Nc2cccc(Cl)c2C)cc1)S(C)(=O)=O. The minimum atomic E-state index is -3.86. The molecule has 3 aromatic rings. The Hall–Kier alpha value is -2.79. The van der Waals surface area contributed by atoms with E-state index in [1.54, 1.807) is 50.2 Å². The molecule has 3 rings (SSSR count). The number of rotatable bonds is 10. The molecule has 0 radical (unpaired) electrons. The number of nitrogens with zero attached hydrogens (tertiary/aromatic N) is 1. The summed E-state index contributed by atoms with van der Waals surface area (Å²) in [6, 6.07) is 15.7. The van der Waals surface area contributed by atoms with E-state index in [1.165, 1.54) is 28.6 Å². The number of anilines is 3. The molecule has 0 unspecified atom stereocenters. The third-order valence-corrected chi connectivity index (χ3v) is 8.77. The molecule has 0 bridgehead atoms. The van der Waals surface area contributed by atoms with E-state index in [4.69, 9.17) is 23.2 Å². The molecule has 37 heavy (non-hydrogen) atoms. The largest absolute Gasteiger partial charge is 0.326 e. The van der Waals surface area contributed by atoms with E-state index in [0.29, 0.717) is 32.7 Å². The number of benzene rings is 3. The van der Waals surface area contributed by atoms with Gasteiger partial charge in [0.25, 0.3) is 10.0 Å². The molecule has 3 aromatic carbocycles. The van der Waals surface area contributed by atoms with Gasteiger partial charge in [-0.2, -0.15) is 0 Å². The maximum absolute atomic E-state index is 12.7. The first-order chi connectivity index (χ1) is 17.3. The topological polar surface area (TPSA) is 113 Å². The van der Waals surface area contributed by atoms with Gasteiger partial charge in [0.15, 0.2) is 0 Å². The normalized spacial score (nSPS) is 11.7. The summed E-state index contributed by atoms with van der Waals surface area (Å²) >= 11 is 12.1. The lowest BCUT2D eigenvalue weighted by atomic mass is 10.2. The second-order valence-electron chi connectivity index (χ2n) is 8.46. The monoisotopic (exact) mass is 583 g/mol. The van der Waals surface area contributed by atoms with Crippen LogP contribution in [-0.2, 0) is 24.8 Å². The van der Waals surface area contributed by atoms with E-state index in [2.05, 4.69) is 10.0 Å². The van der Waals surface area contributed by atoms with Crippen LogP contribution in [0.25, 0.3) is 0 Å². The first-order valence-corrected chi connectivity index (χ1v) is 15.3. The molecule has 1 amide bonds. The number of sulfonamides is 2. The lowest BCUT2D eigenvalue weighted by Gasteiger charge is -2.24. The summed E-state index contributed by atoms with van der Waals surface area (Å²) in [5.41, 5.74) is 2.61. The standard InChI is InChI=1S/C25H27Cl2N3O5S2/c1-17-9-10-19(26)16-24(17)30(36(3,32)33)15-5-8-25(31)28-20-11-13-21(14-12-20)37(34,35)29-23-7-4-6-22(27)18(23)2/h4,6-7,9-14,16,29H,5,8,15H2,1-3H3,(H,28,31). The summed E-state index contributed by atoms with van der Waals surface area (Å²) in [6.45, 7) is 3.59. The summed E-state index contributed by atoms with van der Waals surface area (Å²) in [7, 11) is -7.45. The van der Waals surface area contributed by atoms with Crippen LogP contribution >= 0.6 is 23.2 Å². The Morgan fingerprint density at radius 1 is 0.946 bits per heavy atom. The number of aryl methyl sites for hydroxylation is 1. The van der Waals surface area contributed by atoms with Crippen molar-refractivity contribution in [3.8, 4) is 0 Å². The van der Waals surface area contributed by atoms with Gasteiger partial charge in [-0.3, -0.25) is 13.8 Å². The van der Waals surface area contributed by atoms with Crippen molar-refractivity contribution in [2.24, 2.45) is 0 Å². The summed E-state index contributed by atoms with van der Waals surface area (Å²) in [6.07, 6.45) is 1.42. The van der Waals surface area contributed by atoms with Gasteiger partial charge in [-0.05, 0) is 79.9 Å². The number of carbonyl (C=O) groups is 1. The molecule has 198 valence electrons. The van der Waals surface area contributed by atoms with Gasteiger partial charge >= 0.3 is 0 Å². The van der Waals surface area contributed by atoms with Crippen molar-refractivity contribution in [2.45, 2.75) is 31.6 Å². The lowest BCUT2D eigenvalue weighted by Crippen LogP contribution is -2.32. The molecule has 0 spiro atoms. The molecule has 0 saturated heterocycles. The van der Waals surface area contributed by atoms with Gasteiger partial charge in [0.2, 0.25) is 15.9 Å². The fourth-order valence-corrected chi connectivity index (χ4v) is 6.04. The average molecular weight is 585 g/mol. The quantitative estimate of drug-likeness (QED) is 0.322. The number of hydrogen-bond donors (Lipinski definition) is 2. The molecule has 0 aliphatic rings. The number of amides is 1. The lowest BCUT2D eigenvalue weighted by molar-refractivity contribution is -0.116. The fraction of sp³-hybridized carbons (Fsp3) is 0.240. The van der Waals surface area contributed by atoms with Gasteiger partial charge in [-0.25, -0.2) is 16.8 Å². The maximum atomic E-state index is 12.7. The first-order valence-electron chi connectivity index (χ1n) is 11.2. The second kappa shape index (κ2) is 11.7. The molecule has 0 atom stereocenters. The highest BCUT2D eigenvalue weighted by Crippen LogP contribution is 2.27. The highest BCUT2D eigenvalue weighted by molar-refractivity contribution is 7.92. The van der Waals surface area contributed by atoms with E-state index in [9.17, 15) is 21.6 Å². The highest BCUT2D eigenvalue weighted by atomic mass is 35.5. The molecule has 0 aromatic heterocycles. The van der Waals surface area contributed by atoms with Crippen LogP contribution in [0.5, 0.6) is 0 Å². The number of nitrogens with one attached hydrogen (secondary N) is 2. The van der Waals surface area contributed by atoms with Gasteiger partial charge in [0.05, 0.1) is 22.5 Å². The van der Waals surface area contributed by atoms with E-state index in [-0.39, 0.29) is 30.2 Å². The van der Waals surface area contributed by atoms with Crippen LogP contribution in [0.4, 0.5) is 17.1 Å². The maximum Gasteiger partial charge on any atom is 0.261 e. The summed E-state index contributed by atoms with van der Waals surface area (Å²) in [4.78, 5) is 12.5. The second-order valence-corrected chi connectivity index (χ2v) is 12.9. The zero-order valence-corrected chi connectivity index (χ0v) is 23.6. The van der Waals surface area contributed by atoms with E-state index in [1.807, 2.05) is 0 Å². The average Bonchev–Trinajstić information content (AvgIpc) is 2.81. The third kappa shape index (κ3) is 7.61. The number of hydrogen-bond acceptors (Lipinski definition) is 5. The predicted molar refractivity (Wildman–Crippen MR) is 150 cm³/mol. The van der Waals surface area contributed by atoms with E-state index >= 15 is 0 Å². The van der Waals surface area contributed by atoms with Crippen LogP contribution in [-0.4, -0.2) is 35.5 Å². The van der Waals surface area contributed by atoms with Gasteiger partial charge in [-0.15, -0.1) is 0 Å². The fourth-order valence-electron chi connectivity index (χ4n) is 3.56. The third-order valence-electron chi connectivity index (χ3n) is 5.57. The molecule has 8 nitrogen and oxygen atoms in total. The van der Waals surface area contributed by atoms with Crippen molar-refractivity contribution >= 4 is 66.2 Å². The van der Waals surface area contributed by atoms with Gasteiger partial charge < -0.3 is 5.32 Å². The minimum Gasteiger partial charge on any atom is -0.326 e. The van der Waals surface area contributed by atoms with Gasteiger partial charge in [0.1, 0.15) is 0 Å². The molecule has 12 heteroatoms. The van der Waals surface area contributed by atoms with Gasteiger partial charge in [-0.1, -0.05) is 35.3 Å². The van der Waals surface area contributed by atoms with Crippen molar-refractivity contribution < 1.29 is 21.6 Å². The Morgan fingerprint density at radius 2 is 1.62 bits per heavy atom. The van der Waals surface area contributed by atoms with Crippen molar-refractivity contribution in [2.75, 3.05) is 27.1 Å². The van der Waals surface area contributed by atoms with Crippen LogP contribution < -0.4 is 14.3 Å². The summed E-state index contributed by atoms with van der Waals surface area (Å²) in [5, 5.41) is 3.56. The Labute approximate surface area is 227 Å². The Kier molecular flexibility index (Phi) is 9.12. The van der Waals surface area contributed by atoms with Crippen molar-refractivity contribution in [1.29, 1.82) is 0 Å². The van der Waals surface area contributed by atoms with Crippen molar-refractivity contribution in [1.82, 2.24) is 0 Å². The highest BCUT2D eigenvalue weighted by Gasteiger charge is 2.20. The number of carbonyl (C=O) groups excluding carboxylic acids is 1. The van der Waals surface area contributed by atoms with Crippen molar-refractivity contribution in [3.05, 3.63) is 81.8 Å². The zero-order valence-electron chi connectivity index (χ0n) is 20.5. The zero-order chi connectivity index (χ0) is 27.4. The van der Waals surface area contributed by atoms with E-state index < -0.39 is 20.0 Å². The first kappa shape index (κ1) is 28.8.